The smallest absolute Gasteiger partial charge is 0.164 e. The molecule has 0 aliphatic heterocycles. The Morgan fingerprint density at radius 1 is 0.375 bits per heavy atom. The molecule has 2 heterocycles. The molecule has 9 aromatic rings. The van der Waals surface area contributed by atoms with E-state index in [9.17, 15) is 0 Å². The number of hydrogen-bond acceptors (Lipinski definition) is 5. The molecule has 2 aromatic heterocycles. The van der Waals surface area contributed by atoms with E-state index in [0.29, 0.717) is 17.5 Å². The van der Waals surface area contributed by atoms with Gasteiger partial charge in [-0.2, -0.15) is 0 Å². The minimum atomic E-state index is 0.659. The van der Waals surface area contributed by atoms with Crippen LogP contribution in [0.4, 0.5) is 17.1 Å². The van der Waals surface area contributed by atoms with Crippen LogP contribution in [0.5, 0.6) is 0 Å². The van der Waals surface area contributed by atoms with Crippen molar-refractivity contribution in [3.05, 3.63) is 170 Å². The molecule has 7 aromatic carbocycles. The van der Waals surface area contributed by atoms with Crippen molar-refractivity contribution in [2.45, 2.75) is 0 Å². The van der Waals surface area contributed by atoms with Crippen LogP contribution in [0.25, 0.3) is 65.1 Å². The van der Waals surface area contributed by atoms with Crippen LogP contribution >= 0.6 is 11.3 Å². The number of anilines is 3. The Hall–Kier alpha value is -6.17. The van der Waals surface area contributed by atoms with E-state index in [1.165, 1.54) is 25.6 Å². The number of aromatic nitrogens is 3. The zero-order valence-electron chi connectivity index (χ0n) is 25.9. The molecule has 0 unspecified atom stereocenters. The summed E-state index contributed by atoms with van der Waals surface area (Å²) in [5, 5.41) is 4.78. The molecule has 0 bridgehead atoms. The van der Waals surface area contributed by atoms with Gasteiger partial charge in [0.05, 0.1) is 0 Å². The highest BCUT2D eigenvalue weighted by atomic mass is 32.1. The first-order chi connectivity index (χ1) is 23.8. The predicted octanol–water partition coefficient (Wildman–Crippen LogP) is 11.9. The number of para-hydroxylation sites is 2. The molecule has 48 heavy (non-hydrogen) atoms. The molecule has 0 saturated carbocycles. The summed E-state index contributed by atoms with van der Waals surface area (Å²) < 4.78 is 2.44. The molecule has 4 nitrogen and oxygen atoms in total. The maximum atomic E-state index is 5.09. The van der Waals surface area contributed by atoms with Gasteiger partial charge in [-0.1, -0.05) is 121 Å². The lowest BCUT2D eigenvalue weighted by atomic mass is 9.98. The largest absolute Gasteiger partial charge is 0.310 e. The third-order valence-electron chi connectivity index (χ3n) is 8.69. The van der Waals surface area contributed by atoms with E-state index in [2.05, 4.69) is 114 Å². The Bertz CT molecular complexity index is 2450. The van der Waals surface area contributed by atoms with E-state index in [1.807, 2.05) is 72.0 Å². The molecular formula is C43H28N4S. The van der Waals surface area contributed by atoms with Crippen LogP contribution in [-0.2, 0) is 0 Å². The molecular weight excluding hydrogens is 605 g/mol. The number of hydrogen-bond donors (Lipinski definition) is 0. The van der Waals surface area contributed by atoms with Gasteiger partial charge < -0.3 is 4.90 Å². The molecule has 226 valence electrons. The van der Waals surface area contributed by atoms with E-state index in [4.69, 9.17) is 15.0 Å². The average Bonchev–Trinajstić information content (AvgIpc) is 3.54. The standard InChI is InChI=1S/C43H28N4S/c1-5-15-29(16-6-1)41-44-42(30-17-7-2-8-18-30)46-43(45-41)36-28-39-40(35-24-14-13-23-34(35)36)37-27-33(25-26-38(37)48-39)47(31-19-9-3-10-20-31)32-21-11-4-12-22-32/h1-28H. The second kappa shape index (κ2) is 11.9. The number of thiophene rings is 1. The Labute approximate surface area is 282 Å². The topological polar surface area (TPSA) is 41.9 Å². The Balaban J connectivity index is 1.27. The first-order valence-electron chi connectivity index (χ1n) is 16.0. The van der Waals surface area contributed by atoms with Gasteiger partial charge in [0.2, 0.25) is 0 Å². The highest BCUT2D eigenvalue weighted by Crippen LogP contribution is 2.45. The lowest BCUT2D eigenvalue weighted by molar-refractivity contribution is 1.08. The van der Waals surface area contributed by atoms with Crippen LogP contribution in [0.15, 0.2) is 170 Å². The fourth-order valence-electron chi connectivity index (χ4n) is 6.48. The zero-order valence-corrected chi connectivity index (χ0v) is 26.7. The Kier molecular flexibility index (Phi) is 6.95. The second-order valence-corrected chi connectivity index (χ2v) is 12.8. The van der Waals surface area contributed by atoms with Crippen LogP contribution in [-0.4, -0.2) is 15.0 Å². The molecule has 5 heteroatoms. The summed E-state index contributed by atoms with van der Waals surface area (Å²) in [5.41, 5.74) is 6.27. The lowest BCUT2D eigenvalue weighted by Gasteiger charge is -2.25. The van der Waals surface area contributed by atoms with E-state index in [-0.39, 0.29) is 0 Å². The first kappa shape index (κ1) is 28.1. The minimum absolute atomic E-state index is 0.659. The van der Waals surface area contributed by atoms with Gasteiger partial charge in [-0.15, -0.1) is 11.3 Å². The highest BCUT2D eigenvalue weighted by molar-refractivity contribution is 7.26. The molecule has 0 N–H and O–H groups in total. The zero-order chi connectivity index (χ0) is 31.9. The van der Waals surface area contributed by atoms with Crippen molar-refractivity contribution < 1.29 is 0 Å². The summed E-state index contributed by atoms with van der Waals surface area (Å²) in [6, 6.07) is 59.1. The van der Waals surface area contributed by atoms with Gasteiger partial charge in [0, 0.05) is 53.9 Å². The van der Waals surface area contributed by atoms with Crippen LogP contribution in [0.3, 0.4) is 0 Å². The van der Waals surface area contributed by atoms with Gasteiger partial charge in [0.1, 0.15) is 0 Å². The summed E-state index contributed by atoms with van der Waals surface area (Å²) in [4.78, 5) is 17.4. The monoisotopic (exact) mass is 632 g/mol. The quantitative estimate of drug-likeness (QED) is 0.183. The van der Waals surface area contributed by atoms with Crippen LogP contribution in [0.1, 0.15) is 0 Å². The van der Waals surface area contributed by atoms with Crippen LogP contribution in [0, 0.1) is 0 Å². The lowest BCUT2D eigenvalue weighted by Crippen LogP contribution is -2.09. The summed E-state index contributed by atoms with van der Waals surface area (Å²) in [6.45, 7) is 0. The first-order valence-corrected chi connectivity index (χ1v) is 16.8. The number of benzene rings is 7. The van der Waals surface area contributed by atoms with Crippen molar-refractivity contribution in [2.24, 2.45) is 0 Å². The molecule has 0 aliphatic rings. The molecule has 0 atom stereocenters. The third-order valence-corrected chi connectivity index (χ3v) is 9.81. The van der Waals surface area contributed by atoms with E-state index < -0.39 is 0 Å². The molecule has 0 amide bonds. The summed E-state index contributed by atoms with van der Waals surface area (Å²) in [6.07, 6.45) is 0. The fraction of sp³-hybridized carbons (Fsp3) is 0. The van der Waals surface area contributed by atoms with Crippen molar-refractivity contribution in [2.75, 3.05) is 4.90 Å². The second-order valence-electron chi connectivity index (χ2n) is 11.7. The third kappa shape index (κ3) is 4.98. The highest BCUT2D eigenvalue weighted by Gasteiger charge is 2.19. The average molecular weight is 633 g/mol. The number of nitrogens with zero attached hydrogens (tertiary/aromatic N) is 4. The van der Waals surface area contributed by atoms with Gasteiger partial charge in [-0.25, -0.2) is 15.0 Å². The maximum absolute atomic E-state index is 5.09. The van der Waals surface area contributed by atoms with Crippen LogP contribution in [0.2, 0.25) is 0 Å². The van der Waals surface area contributed by atoms with Gasteiger partial charge >= 0.3 is 0 Å². The number of rotatable bonds is 6. The summed E-state index contributed by atoms with van der Waals surface area (Å²) >= 11 is 1.81. The SMILES string of the molecule is c1ccc(-c2nc(-c3ccccc3)nc(-c3cc4sc5ccc(N(c6ccccc6)c6ccccc6)cc5c4c4ccccc34)n2)cc1. The molecule has 0 fully saturated rings. The summed E-state index contributed by atoms with van der Waals surface area (Å²) in [7, 11) is 0. The van der Waals surface area contributed by atoms with Gasteiger partial charge in [-0.3, -0.25) is 0 Å². The van der Waals surface area contributed by atoms with Crippen molar-refractivity contribution in [3.8, 4) is 34.2 Å². The molecule has 0 aliphatic carbocycles. The molecule has 9 rings (SSSR count). The molecule has 0 radical (unpaired) electrons. The number of fused-ring (bicyclic) bond motifs is 5. The van der Waals surface area contributed by atoms with E-state index in [1.54, 1.807) is 0 Å². The van der Waals surface area contributed by atoms with Crippen molar-refractivity contribution >= 4 is 59.3 Å². The Morgan fingerprint density at radius 2 is 0.875 bits per heavy atom. The van der Waals surface area contributed by atoms with Gasteiger partial charge in [0.15, 0.2) is 17.5 Å². The molecule has 0 saturated heterocycles. The summed E-state index contributed by atoms with van der Waals surface area (Å²) in [5.74, 6) is 1.98. The minimum Gasteiger partial charge on any atom is -0.310 e. The molecule has 0 spiro atoms. The van der Waals surface area contributed by atoms with Crippen molar-refractivity contribution in [1.82, 2.24) is 15.0 Å². The normalized spacial score (nSPS) is 11.3. The van der Waals surface area contributed by atoms with Gasteiger partial charge in [-0.05, 0) is 59.3 Å². The Morgan fingerprint density at radius 3 is 1.46 bits per heavy atom. The fourth-order valence-corrected chi connectivity index (χ4v) is 7.63. The van der Waals surface area contributed by atoms with Gasteiger partial charge in [0.25, 0.3) is 0 Å². The van der Waals surface area contributed by atoms with E-state index >= 15 is 0 Å². The van der Waals surface area contributed by atoms with E-state index in [0.717, 1.165) is 39.1 Å². The van der Waals surface area contributed by atoms with Crippen molar-refractivity contribution in [3.63, 3.8) is 0 Å². The maximum Gasteiger partial charge on any atom is 0.164 e. The van der Waals surface area contributed by atoms with Crippen molar-refractivity contribution in [1.29, 1.82) is 0 Å². The predicted molar refractivity (Wildman–Crippen MR) is 201 cm³/mol. The van der Waals surface area contributed by atoms with Crippen LogP contribution < -0.4 is 4.90 Å².